The molecule has 8 nitrogen and oxygen atoms in total. The van der Waals surface area contributed by atoms with E-state index >= 15 is 0 Å². The van der Waals surface area contributed by atoms with Crippen LogP contribution < -0.4 is 5.32 Å². The standard InChI is InChI=1S/C24H29ClN4O4/c25-16-1-2-21-18(9-16)19(10-29(21)17-12-32-13-17)15-3-6-27(7-4-15)24(31)28-8-5-22-20(11-28)26-23(30)14-33-22/h1-2,9-10,15,17,20,22H,3-8,11-14H2,(H,26,30). The summed E-state index contributed by atoms with van der Waals surface area (Å²) in [7, 11) is 0. The lowest BCUT2D eigenvalue weighted by Crippen LogP contribution is -2.62. The van der Waals surface area contributed by atoms with Gasteiger partial charge >= 0.3 is 6.03 Å². The first-order valence-corrected chi connectivity index (χ1v) is 12.3. The van der Waals surface area contributed by atoms with Crippen molar-refractivity contribution in [2.75, 3.05) is 46.0 Å². The highest BCUT2D eigenvalue weighted by Crippen LogP contribution is 2.38. The molecule has 0 radical (unpaired) electrons. The lowest BCUT2D eigenvalue weighted by Gasteiger charge is -2.43. The van der Waals surface area contributed by atoms with Crippen molar-refractivity contribution in [3.63, 3.8) is 0 Å². The summed E-state index contributed by atoms with van der Waals surface area (Å²) < 4.78 is 13.4. The molecule has 2 unspecified atom stereocenters. The van der Waals surface area contributed by atoms with Gasteiger partial charge in [0.2, 0.25) is 5.91 Å². The molecule has 1 aromatic heterocycles. The number of ether oxygens (including phenoxy) is 2. The zero-order chi connectivity index (χ0) is 22.5. The summed E-state index contributed by atoms with van der Waals surface area (Å²) in [5.74, 6) is 0.299. The maximum absolute atomic E-state index is 13.2. The van der Waals surface area contributed by atoms with Crippen molar-refractivity contribution in [2.45, 2.75) is 43.4 Å². The predicted octanol–water partition coefficient (Wildman–Crippen LogP) is 2.75. The predicted molar refractivity (Wildman–Crippen MR) is 124 cm³/mol. The Kier molecular flexibility index (Phi) is 5.47. The number of amides is 3. The van der Waals surface area contributed by atoms with Gasteiger partial charge in [0.25, 0.3) is 0 Å². The minimum Gasteiger partial charge on any atom is -0.377 e. The molecule has 176 valence electrons. The molecule has 0 aliphatic carbocycles. The summed E-state index contributed by atoms with van der Waals surface area (Å²) in [4.78, 5) is 28.7. The van der Waals surface area contributed by atoms with Gasteiger partial charge in [-0.1, -0.05) is 11.6 Å². The van der Waals surface area contributed by atoms with E-state index in [2.05, 4.69) is 28.2 Å². The van der Waals surface area contributed by atoms with E-state index in [-0.39, 0.29) is 30.7 Å². The molecule has 1 N–H and O–H groups in total. The van der Waals surface area contributed by atoms with Crippen molar-refractivity contribution in [2.24, 2.45) is 0 Å². The van der Waals surface area contributed by atoms with Gasteiger partial charge in [-0.3, -0.25) is 4.79 Å². The number of benzene rings is 1. The molecule has 33 heavy (non-hydrogen) atoms. The van der Waals surface area contributed by atoms with Crippen molar-refractivity contribution < 1.29 is 19.1 Å². The van der Waals surface area contributed by atoms with E-state index in [9.17, 15) is 9.59 Å². The lowest BCUT2D eigenvalue weighted by molar-refractivity contribution is -0.139. The van der Waals surface area contributed by atoms with Gasteiger partial charge in [0.05, 0.1) is 31.4 Å². The Labute approximate surface area is 197 Å². The Morgan fingerprint density at radius 2 is 1.88 bits per heavy atom. The smallest absolute Gasteiger partial charge is 0.320 e. The number of rotatable bonds is 2. The first kappa shape index (κ1) is 21.3. The molecule has 0 spiro atoms. The minimum atomic E-state index is -0.104. The number of hydrogen-bond donors (Lipinski definition) is 1. The molecule has 2 atom stereocenters. The summed E-state index contributed by atoms with van der Waals surface area (Å²) in [5.41, 5.74) is 2.54. The van der Waals surface area contributed by atoms with Crippen LogP contribution in [-0.2, 0) is 14.3 Å². The second-order valence-electron chi connectivity index (χ2n) is 9.65. The van der Waals surface area contributed by atoms with E-state index < -0.39 is 0 Å². The minimum absolute atomic E-state index is 0.0164. The molecule has 4 saturated heterocycles. The zero-order valence-corrected chi connectivity index (χ0v) is 19.3. The van der Waals surface area contributed by atoms with E-state index in [0.29, 0.717) is 25.0 Å². The van der Waals surface area contributed by atoms with Crippen LogP contribution in [0.1, 0.15) is 36.8 Å². The summed E-state index contributed by atoms with van der Waals surface area (Å²) in [5, 5.41) is 4.95. The van der Waals surface area contributed by atoms with Crippen LogP contribution in [0.2, 0.25) is 5.02 Å². The quantitative estimate of drug-likeness (QED) is 0.729. The van der Waals surface area contributed by atoms with E-state index in [1.165, 1.54) is 16.5 Å². The zero-order valence-electron chi connectivity index (χ0n) is 18.5. The first-order valence-electron chi connectivity index (χ1n) is 11.9. The Morgan fingerprint density at radius 3 is 2.64 bits per heavy atom. The highest BCUT2D eigenvalue weighted by atomic mass is 35.5. The largest absolute Gasteiger partial charge is 0.377 e. The number of halogens is 1. The number of likely N-dealkylation sites (tertiary alicyclic amines) is 2. The molecular weight excluding hydrogens is 444 g/mol. The molecular formula is C24H29ClN4O4. The van der Waals surface area contributed by atoms with Crippen LogP contribution in [0.25, 0.3) is 10.9 Å². The third-order valence-electron chi connectivity index (χ3n) is 7.64. The van der Waals surface area contributed by atoms with Crippen LogP contribution in [0.15, 0.2) is 24.4 Å². The molecule has 4 fully saturated rings. The molecule has 4 aliphatic heterocycles. The van der Waals surface area contributed by atoms with Crippen molar-refractivity contribution in [3.8, 4) is 0 Å². The number of nitrogens with one attached hydrogen (secondary N) is 1. The summed E-state index contributed by atoms with van der Waals surface area (Å²) in [6.07, 6.45) is 4.92. The van der Waals surface area contributed by atoms with E-state index in [1.807, 2.05) is 15.9 Å². The van der Waals surface area contributed by atoms with Gasteiger partial charge in [-0.25, -0.2) is 4.79 Å². The Balaban J connectivity index is 1.14. The Morgan fingerprint density at radius 1 is 1.09 bits per heavy atom. The SMILES string of the molecule is O=C1COC2CCN(C(=O)N3CCC(c4cn(C5COC5)c5ccc(Cl)cc45)CC3)CC2N1. The highest BCUT2D eigenvalue weighted by molar-refractivity contribution is 6.31. The van der Waals surface area contributed by atoms with Crippen LogP contribution in [0, 0.1) is 0 Å². The van der Waals surface area contributed by atoms with Crippen LogP contribution in [0.4, 0.5) is 4.79 Å². The number of nitrogens with zero attached hydrogens (tertiary/aromatic N) is 3. The Hall–Kier alpha value is -2.29. The maximum atomic E-state index is 13.2. The number of aromatic nitrogens is 1. The number of morpholine rings is 1. The maximum Gasteiger partial charge on any atom is 0.320 e. The van der Waals surface area contributed by atoms with Gasteiger partial charge in [-0.2, -0.15) is 0 Å². The van der Waals surface area contributed by atoms with Crippen molar-refractivity contribution >= 4 is 34.4 Å². The van der Waals surface area contributed by atoms with Gasteiger partial charge in [-0.05, 0) is 48.9 Å². The van der Waals surface area contributed by atoms with Crippen LogP contribution in [0.5, 0.6) is 0 Å². The third kappa shape index (κ3) is 3.88. The van der Waals surface area contributed by atoms with Crippen LogP contribution in [-0.4, -0.2) is 84.5 Å². The van der Waals surface area contributed by atoms with Gasteiger partial charge in [-0.15, -0.1) is 0 Å². The second kappa shape index (κ2) is 8.49. The number of fused-ring (bicyclic) bond motifs is 2. The molecule has 5 heterocycles. The fourth-order valence-corrected chi connectivity index (χ4v) is 5.89. The molecule has 6 rings (SSSR count). The van der Waals surface area contributed by atoms with Gasteiger partial charge in [0, 0.05) is 48.3 Å². The van der Waals surface area contributed by atoms with E-state index in [1.54, 1.807) is 0 Å². The Bertz CT molecular complexity index is 1080. The third-order valence-corrected chi connectivity index (χ3v) is 7.88. The van der Waals surface area contributed by atoms with E-state index in [0.717, 1.165) is 50.6 Å². The average Bonchev–Trinajstić information content (AvgIpc) is 3.15. The molecule has 4 aliphatic rings. The van der Waals surface area contributed by atoms with Gasteiger partial charge in [0.1, 0.15) is 6.61 Å². The number of carbonyl (C=O) groups is 2. The second-order valence-corrected chi connectivity index (χ2v) is 10.1. The van der Waals surface area contributed by atoms with Crippen LogP contribution in [0.3, 0.4) is 0 Å². The van der Waals surface area contributed by atoms with Crippen molar-refractivity contribution in [1.82, 2.24) is 19.7 Å². The van der Waals surface area contributed by atoms with Crippen molar-refractivity contribution in [3.05, 3.63) is 35.0 Å². The summed E-state index contributed by atoms with van der Waals surface area (Å²) in [6, 6.07) is 6.49. The summed E-state index contributed by atoms with van der Waals surface area (Å²) >= 11 is 6.35. The van der Waals surface area contributed by atoms with Gasteiger partial charge in [0.15, 0.2) is 0 Å². The highest BCUT2D eigenvalue weighted by Gasteiger charge is 2.38. The number of hydrogen-bond acceptors (Lipinski definition) is 4. The number of urea groups is 1. The molecule has 0 saturated carbocycles. The van der Waals surface area contributed by atoms with Crippen molar-refractivity contribution in [1.29, 1.82) is 0 Å². The number of carbonyl (C=O) groups excluding carboxylic acids is 2. The lowest BCUT2D eigenvalue weighted by atomic mass is 9.89. The molecule has 3 amide bonds. The van der Waals surface area contributed by atoms with Gasteiger partial charge < -0.3 is 29.2 Å². The summed E-state index contributed by atoms with van der Waals surface area (Å²) in [6.45, 7) is 4.28. The molecule has 2 aromatic rings. The fraction of sp³-hybridized carbons (Fsp3) is 0.583. The monoisotopic (exact) mass is 472 g/mol. The molecule has 0 bridgehead atoms. The average molecular weight is 473 g/mol. The van der Waals surface area contributed by atoms with Crippen LogP contribution >= 0.6 is 11.6 Å². The molecule has 9 heteroatoms. The van der Waals surface area contributed by atoms with E-state index in [4.69, 9.17) is 21.1 Å². The first-order chi connectivity index (χ1) is 16.1. The fourth-order valence-electron chi connectivity index (χ4n) is 5.72. The topological polar surface area (TPSA) is 76.0 Å². The molecule has 1 aromatic carbocycles. The normalized spacial score (nSPS) is 26.8. The number of piperidine rings is 2.